The maximum Gasteiger partial charge on any atom is 0.133 e. The van der Waals surface area contributed by atoms with Crippen molar-refractivity contribution in [2.75, 3.05) is 0 Å². The molecule has 0 saturated carbocycles. The number of carbonyl (C=O) groups is 2. The van der Waals surface area contributed by atoms with Crippen molar-refractivity contribution in [2.24, 2.45) is 11.8 Å². The second kappa shape index (κ2) is 9.56. The molecule has 0 bridgehead atoms. The molecule has 0 saturated heterocycles. The van der Waals surface area contributed by atoms with Crippen molar-refractivity contribution in [2.45, 2.75) is 65.7 Å². The maximum atomic E-state index is 11.6. The summed E-state index contributed by atoms with van der Waals surface area (Å²) in [6.45, 7) is 6.31. The van der Waals surface area contributed by atoms with Gasteiger partial charge in [0.1, 0.15) is 12.1 Å². The molecule has 0 aliphatic rings. The molecule has 94 valence electrons. The Morgan fingerprint density at radius 2 is 1.94 bits per heavy atom. The average Bonchev–Trinajstić information content (AvgIpc) is 2.24. The first-order chi connectivity index (χ1) is 7.63. The fourth-order valence-electron chi connectivity index (χ4n) is 2.02. The van der Waals surface area contributed by atoms with Crippen molar-refractivity contribution in [3.8, 4) is 0 Å². The van der Waals surface area contributed by atoms with E-state index in [1.54, 1.807) is 0 Å². The third kappa shape index (κ3) is 7.61. The molecule has 0 heterocycles. The van der Waals surface area contributed by atoms with E-state index in [4.69, 9.17) is 0 Å². The van der Waals surface area contributed by atoms with Crippen LogP contribution in [0, 0.1) is 11.8 Å². The Hall–Kier alpha value is -0.660. The van der Waals surface area contributed by atoms with Gasteiger partial charge >= 0.3 is 0 Å². The molecule has 0 aromatic carbocycles. The molecule has 2 unspecified atom stereocenters. The fraction of sp³-hybridized carbons (Fsp3) is 0.857. The molecule has 0 radical (unpaired) electrons. The highest BCUT2D eigenvalue weighted by Gasteiger charge is 2.10. The lowest BCUT2D eigenvalue weighted by Crippen LogP contribution is -2.07. The predicted octanol–water partition coefficient (Wildman–Crippen LogP) is 3.78. The van der Waals surface area contributed by atoms with E-state index >= 15 is 0 Å². The van der Waals surface area contributed by atoms with Gasteiger partial charge in [-0.2, -0.15) is 0 Å². The first-order valence-electron chi connectivity index (χ1n) is 6.60. The lowest BCUT2D eigenvalue weighted by atomic mass is 9.95. The van der Waals surface area contributed by atoms with Gasteiger partial charge in [-0.3, -0.25) is 4.79 Å². The number of rotatable bonds is 10. The van der Waals surface area contributed by atoms with Crippen LogP contribution in [-0.4, -0.2) is 12.1 Å². The Bertz CT molecular complexity index is 199. The molecule has 0 fully saturated rings. The van der Waals surface area contributed by atoms with E-state index in [1.165, 1.54) is 0 Å². The van der Waals surface area contributed by atoms with Crippen LogP contribution in [0.15, 0.2) is 0 Å². The van der Waals surface area contributed by atoms with Crippen molar-refractivity contribution < 1.29 is 9.59 Å². The van der Waals surface area contributed by atoms with Crippen molar-refractivity contribution >= 4 is 12.1 Å². The van der Waals surface area contributed by atoms with E-state index in [2.05, 4.69) is 13.8 Å². The topological polar surface area (TPSA) is 34.1 Å². The fourth-order valence-corrected chi connectivity index (χ4v) is 2.02. The summed E-state index contributed by atoms with van der Waals surface area (Å²) in [7, 11) is 0. The highest BCUT2D eigenvalue weighted by molar-refractivity contribution is 5.78. The lowest BCUT2D eigenvalue weighted by Gasteiger charge is -2.09. The van der Waals surface area contributed by atoms with Gasteiger partial charge in [-0.1, -0.05) is 33.6 Å². The summed E-state index contributed by atoms with van der Waals surface area (Å²) < 4.78 is 0. The number of hydrogen-bond donors (Lipinski definition) is 0. The summed E-state index contributed by atoms with van der Waals surface area (Å²) in [5.74, 6) is 1.04. The molecule has 0 aromatic rings. The van der Waals surface area contributed by atoms with Crippen LogP contribution in [0.2, 0.25) is 0 Å². The molecular weight excluding hydrogens is 200 g/mol. The molecular formula is C14H26O2. The summed E-state index contributed by atoms with van der Waals surface area (Å²) in [5.41, 5.74) is 0. The van der Waals surface area contributed by atoms with E-state index in [-0.39, 0.29) is 5.92 Å². The maximum absolute atomic E-state index is 11.6. The van der Waals surface area contributed by atoms with Crippen LogP contribution in [-0.2, 0) is 9.59 Å². The van der Waals surface area contributed by atoms with Crippen molar-refractivity contribution in [3.05, 3.63) is 0 Å². The Morgan fingerprint density at radius 1 is 1.25 bits per heavy atom. The quantitative estimate of drug-likeness (QED) is 0.531. The Kier molecular flexibility index (Phi) is 9.16. The Balaban J connectivity index is 3.61. The largest absolute Gasteiger partial charge is 0.303 e. The predicted molar refractivity (Wildman–Crippen MR) is 67.4 cm³/mol. The third-order valence-corrected chi connectivity index (χ3v) is 3.10. The van der Waals surface area contributed by atoms with Crippen LogP contribution in [0.4, 0.5) is 0 Å². The number of ketones is 1. The summed E-state index contributed by atoms with van der Waals surface area (Å²) in [4.78, 5) is 22.2. The molecule has 0 amide bonds. The Morgan fingerprint density at radius 3 is 2.44 bits per heavy atom. The molecule has 2 heteroatoms. The molecule has 0 N–H and O–H groups in total. The van der Waals surface area contributed by atoms with Crippen molar-refractivity contribution in [1.82, 2.24) is 0 Å². The number of hydrogen-bond acceptors (Lipinski definition) is 2. The molecule has 0 rings (SSSR count). The number of carbonyl (C=O) groups excluding carboxylic acids is 2. The summed E-state index contributed by atoms with van der Waals surface area (Å²) in [5, 5.41) is 0. The van der Waals surface area contributed by atoms with Gasteiger partial charge in [-0.15, -0.1) is 0 Å². The van der Waals surface area contributed by atoms with E-state index in [0.717, 1.165) is 38.4 Å². The van der Waals surface area contributed by atoms with Crippen LogP contribution in [0.5, 0.6) is 0 Å². The monoisotopic (exact) mass is 226 g/mol. The standard InChI is InChI=1S/C14H26O2/c1-4-7-12(3)10-14(16)9-6-8-13(5-2)11-15/h11-13H,4-10H2,1-3H3. The highest BCUT2D eigenvalue weighted by Crippen LogP contribution is 2.15. The average molecular weight is 226 g/mol. The molecule has 0 aliphatic heterocycles. The van der Waals surface area contributed by atoms with E-state index in [1.807, 2.05) is 6.92 Å². The van der Waals surface area contributed by atoms with Gasteiger partial charge in [0.25, 0.3) is 0 Å². The van der Waals surface area contributed by atoms with Crippen molar-refractivity contribution in [1.29, 1.82) is 0 Å². The molecule has 2 nitrogen and oxygen atoms in total. The molecule has 2 atom stereocenters. The summed E-state index contributed by atoms with van der Waals surface area (Å²) in [6.07, 6.45) is 7.30. The zero-order valence-corrected chi connectivity index (χ0v) is 11.0. The molecule has 0 aliphatic carbocycles. The second-order valence-corrected chi connectivity index (χ2v) is 4.83. The Labute approximate surface area is 99.8 Å². The summed E-state index contributed by atoms with van der Waals surface area (Å²) in [6, 6.07) is 0. The zero-order chi connectivity index (χ0) is 12.4. The van der Waals surface area contributed by atoms with Crippen molar-refractivity contribution in [3.63, 3.8) is 0 Å². The van der Waals surface area contributed by atoms with E-state index in [0.29, 0.717) is 24.5 Å². The van der Waals surface area contributed by atoms with Crippen LogP contribution in [0.3, 0.4) is 0 Å². The van der Waals surface area contributed by atoms with E-state index in [9.17, 15) is 9.59 Å². The first-order valence-corrected chi connectivity index (χ1v) is 6.60. The zero-order valence-electron chi connectivity index (χ0n) is 11.0. The van der Waals surface area contributed by atoms with E-state index < -0.39 is 0 Å². The van der Waals surface area contributed by atoms with Gasteiger partial charge in [0, 0.05) is 18.8 Å². The minimum absolute atomic E-state index is 0.154. The second-order valence-electron chi connectivity index (χ2n) is 4.83. The minimum Gasteiger partial charge on any atom is -0.303 e. The third-order valence-electron chi connectivity index (χ3n) is 3.10. The minimum atomic E-state index is 0.154. The first kappa shape index (κ1) is 15.3. The van der Waals surface area contributed by atoms with Crippen LogP contribution < -0.4 is 0 Å². The normalized spacial score (nSPS) is 14.4. The van der Waals surface area contributed by atoms with Gasteiger partial charge in [-0.05, 0) is 25.2 Å². The van der Waals surface area contributed by atoms with Gasteiger partial charge in [0.2, 0.25) is 0 Å². The van der Waals surface area contributed by atoms with Crippen LogP contribution >= 0.6 is 0 Å². The summed E-state index contributed by atoms with van der Waals surface area (Å²) >= 11 is 0. The molecule has 0 aromatic heterocycles. The van der Waals surface area contributed by atoms with Gasteiger partial charge in [0.15, 0.2) is 0 Å². The van der Waals surface area contributed by atoms with Crippen LogP contribution in [0.25, 0.3) is 0 Å². The smallest absolute Gasteiger partial charge is 0.133 e. The van der Waals surface area contributed by atoms with Gasteiger partial charge in [-0.25, -0.2) is 0 Å². The van der Waals surface area contributed by atoms with Crippen LogP contribution in [0.1, 0.15) is 65.7 Å². The van der Waals surface area contributed by atoms with Gasteiger partial charge < -0.3 is 4.79 Å². The number of Topliss-reactive ketones (excluding diaryl/α,β-unsaturated/α-hetero) is 1. The SMILES string of the molecule is CCCC(C)CC(=O)CCCC(C=O)CC. The van der Waals surface area contributed by atoms with Gasteiger partial charge in [0.05, 0.1) is 0 Å². The highest BCUT2D eigenvalue weighted by atomic mass is 16.1. The lowest BCUT2D eigenvalue weighted by molar-refractivity contribution is -0.120. The molecule has 0 spiro atoms. The number of aldehydes is 1. The molecule has 16 heavy (non-hydrogen) atoms.